The van der Waals surface area contributed by atoms with Gasteiger partial charge in [-0.15, -0.1) is 0 Å². The van der Waals surface area contributed by atoms with Gasteiger partial charge in [-0.05, 0) is 64.2 Å². The molecule has 3 atom stereocenters. The van der Waals surface area contributed by atoms with Gasteiger partial charge in [-0.1, -0.05) is 18.5 Å². The Morgan fingerprint density at radius 2 is 1.97 bits per heavy atom. The van der Waals surface area contributed by atoms with Crippen LogP contribution >= 0.6 is 11.6 Å². The maximum absolute atomic E-state index is 13.2. The van der Waals surface area contributed by atoms with Gasteiger partial charge in [0.15, 0.2) is 5.96 Å². The second-order valence-corrected chi connectivity index (χ2v) is 11.5. The highest BCUT2D eigenvalue weighted by Crippen LogP contribution is 2.53. The van der Waals surface area contributed by atoms with Crippen LogP contribution in [0.2, 0.25) is 5.02 Å². The summed E-state index contributed by atoms with van der Waals surface area (Å²) in [4.78, 5) is 31.8. The molecule has 3 N–H and O–H groups in total. The second-order valence-electron chi connectivity index (χ2n) is 11.1. The third-order valence-electron chi connectivity index (χ3n) is 6.83. The van der Waals surface area contributed by atoms with Crippen molar-refractivity contribution in [2.24, 2.45) is 22.1 Å². The van der Waals surface area contributed by atoms with Crippen molar-refractivity contribution in [1.82, 2.24) is 10.2 Å². The van der Waals surface area contributed by atoms with Crippen molar-refractivity contribution in [3.8, 4) is 5.75 Å². The molecule has 0 spiro atoms. The lowest BCUT2D eigenvalue weighted by molar-refractivity contribution is -0.131. The Hall–Kier alpha value is -2.28. The Morgan fingerprint density at radius 3 is 2.62 bits per heavy atom. The lowest BCUT2D eigenvalue weighted by Gasteiger charge is -2.38. The third-order valence-corrected chi connectivity index (χ3v) is 7.24. The largest absolute Gasteiger partial charge is 0.487 e. The number of benzene rings is 1. The molecule has 4 rings (SSSR count). The molecule has 0 aromatic heterocycles. The number of rotatable bonds is 4. The number of ether oxygens (including phenoxy) is 1. The molecule has 1 aromatic carbocycles. The van der Waals surface area contributed by atoms with E-state index in [-0.39, 0.29) is 35.1 Å². The van der Waals surface area contributed by atoms with Crippen molar-refractivity contribution < 1.29 is 14.3 Å². The van der Waals surface area contributed by atoms with Gasteiger partial charge in [0.05, 0.1) is 18.0 Å². The maximum Gasteiger partial charge on any atom is 0.231 e. The number of nitrogens with zero attached hydrogens (tertiary/aromatic N) is 2. The van der Waals surface area contributed by atoms with Crippen molar-refractivity contribution in [3.63, 3.8) is 0 Å². The van der Waals surface area contributed by atoms with E-state index in [1.807, 2.05) is 53.7 Å². The Balaban J connectivity index is 1.48. The van der Waals surface area contributed by atoms with E-state index in [2.05, 4.69) is 10.3 Å². The summed E-state index contributed by atoms with van der Waals surface area (Å²) in [7, 11) is 0. The van der Waals surface area contributed by atoms with Crippen LogP contribution in [-0.2, 0) is 9.59 Å². The lowest BCUT2D eigenvalue weighted by atomic mass is 9.89. The standard InChI is InChI=1S/C24H33ClN4O3/c1-13-7-18-14(8-16(13)25)17(10-23(4,5)32-18)27-20(31)15-9-24(15,6)12-29-19(30)11-22(2,3)28-21(29)26/h7-8,15,17H,9-12H2,1-6H3,(H2,26,28)(H,27,31)/t15?,17-,24+/m0/s1. The number of guanidine groups is 1. The predicted octanol–water partition coefficient (Wildman–Crippen LogP) is 3.72. The van der Waals surface area contributed by atoms with Crippen LogP contribution < -0.4 is 15.8 Å². The van der Waals surface area contributed by atoms with Crippen LogP contribution in [0.4, 0.5) is 0 Å². The lowest BCUT2D eigenvalue weighted by Crippen LogP contribution is -2.52. The number of hydrogen-bond donors (Lipinski definition) is 2. The van der Waals surface area contributed by atoms with Crippen LogP contribution in [0, 0.1) is 18.3 Å². The smallest absolute Gasteiger partial charge is 0.231 e. The van der Waals surface area contributed by atoms with E-state index in [1.165, 1.54) is 4.90 Å². The molecule has 2 heterocycles. The normalized spacial score (nSPS) is 30.2. The molecular formula is C24H33ClN4O3. The van der Waals surface area contributed by atoms with Crippen LogP contribution in [0.25, 0.3) is 0 Å². The van der Waals surface area contributed by atoms with Crippen LogP contribution in [0.15, 0.2) is 17.1 Å². The van der Waals surface area contributed by atoms with E-state index in [4.69, 9.17) is 22.1 Å². The van der Waals surface area contributed by atoms with Crippen LogP contribution in [0.1, 0.15) is 71.0 Å². The topological polar surface area (TPSA) is 97.0 Å². The molecule has 0 bridgehead atoms. The molecule has 32 heavy (non-hydrogen) atoms. The molecule has 0 radical (unpaired) electrons. The van der Waals surface area contributed by atoms with Crippen LogP contribution in [0.3, 0.4) is 0 Å². The van der Waals surface area contributed by atoms with E-state index < -0.39 is 11.1 Å². The first-order valence-electron chi connectivity index (χ1n) is 11.1. The number of hydrogen-bond acceptors (Lipinski definition) is 5. The van der Waals surface area contributed by atoms with E-state index in [9.17, 15) is 9.59 Å². The minimum atomic E-state index is -0.484. The zero-order valence-electron chi connectivity index (χ0n) is 19.7. The number of amides is 2. The molecule has 2 amide bonds. The fourth-order valence-corrected chi connectivity index (χ4v) is 5.07. The van der Waals surface area contributed by atoms with Gasteiger partial charge in [-0.2, -0.15) is 0 Å². The molecule has 1 aromatic rings. The van der Waals surface area contributed by atoms with Gasteiger partial charge < -0.3 is 15.8 Å². The van der Waals surface area contributed by atoms with Crippen molar-refractivity contribution >= 4 is 29.4 Å². The highest BCUT2D eigenvalue weighted by Gasteiger charge is 2.57. The number of halogens is 1. The summed E-state index contributed by atoms with van der Waals surface area (Å²) in [5, 5.41) is 3.88. The molecule has 0 saturated heterocycles. The molecular weight excluding hydrogens is 428 g/mol. The summed E-state index contributed by atoms with van der Waals surface area (Å²) in [5.41, 5.74) is 6.72. The minimum absolute atomic E-state index is 0.0156. The summed E-state index contributed by atoms with van der Waals surface area (Å²) < 4.78 is 6.14. The summed E-state index contributed by atoms with van der Waals surface area (Å²) in [6.45, 7) is 12.2. The van der Waals surface area contributed by atoms with Gasteiger partial charge in [0.1, 0.15) is 11.4 Å². The highest BCUT2D eigenvalue weighted by atomic mass is 35.5. The van der Waals surface area contributed by atoms with Gasteiger partial charge in [0, 0.05) is 29.5 Å². The van der Waals surface area contributed by atoms with E-state index in [0.717, 1.165) is 16.9 Å². The Kier molecular flexibility index (Phi) is 5.27. The predicted molar refractivity (Wildman–Crippen MR) is 125 cm³/mol. The number of aryl methyl sites for hydroxylation is 1. The number of nitrogens with two attached hydrogens (primary N) is 1. The van der Waals surface area contributed by atoms with Gasteiger partial charge in [-0.25, -0.2) is 4.99 Å². The van der Waals surface area contributed by atoms with Gasteiger partial charge in [-0.3, -0.25) is 14.5 Å². The molecule has 1 fully saturated rings. The summed E-state index contributed by atoms with van der Waals surface area (Å²) in [6.07, 6.45) is 1.66. The first kappa shape index (κ1) is 22.9. The summed E-state index contributed by atoms with van der Waals surface area (Å²) >= 11 is 6.37. The maximum atomic E-state index is 13.2. The minimum Gasteiger partial charge on any atom is -0.487 e. The van der Waals surface area contributed by atoms with Gasteiger partial charge >= 0.3 is 0 Å². The zero-order chi connectivity index (χ0) is 23.6. The first-order chi connectivity index (χ1) is 14.7. The third kappa shape index (κ3) is 4.32. The van der Waals surface area contributed by atoms with Crippen molar-refractivity contribution in [2.75, 3.05) is 6.54 Å². The van der Waals surface area contributed by atoms with Gasteiger partial charge in [0.2, 0.25) is 11.8 Å². The number of fused-ring (bicyclic) bond motifs is 1. The Bertz CT molecular complexity index is 1020. The van der Waals surface area contributed by atoms with Crippen molar-refractivity contribution in [3.05, 3.63) is 28.3 Å². The molecule has 2 aliphatic heterocycles. The number of nitrogens with one attached hydrogen (secondary N) is 1. The van der Waals surface area contributed by atoms with E-state index in [1.54, 1.807) is 0 Å². The quantitative estimate of drug-likeness (QED) is 0.715. The summed E-state index contributed by atoms with van der Waals surface area (Å²) in [6, 6.07) is 3.64. The van der Waals surface area contributed by atoms with Crippen LogP contribution in [-0.4, -0.2) is 40.4 Å². The van der Waals surface area contributed by atoms with E-state index >= 15 is 0 Å². The van der Waals surface area contributed by atoms with Crippen molar-refractivity contribution in [2.45, 2.75) is 78.0 Å². The van der Waals surface area contributed by atoms with E-state index in [0.29, 0.717) is 30.8 Å². The number of aliphatic imine (C=N–C) groups is 1. The van der Waals surface area contributed by atoms with Crippen LogP contribution in [0.5, 0.6) is 5.75 Å². The fourth-order valence-electron chi connectivity index (χ4n) is 4.90. The average molecular weight is 461 g/mol. The summed E-state index contributed by atoms with van der Waals surface area (Å²) in [5.74, 6) is 0.757. The number of carbonyl (C=O) groups is 2. The zero-order valence-corrected chi connectivity index (χ0v) is 20.5. The monoisotopic (exact) mass is 460 g/mol. The molecule has 3 aliphatic rings. The Morgan fingerprint density at radius 1 is 1.28 bits per heavy atom. The molecule has 1 unspecified atom stereocenters. The Labute approximate surface area is 194 Å². The number of carbonyl (C=O) groups excluding carboxylic acids is 2. The first-order valence-corrected chi connectivity index (χ1v) is 11.5. The highest BCUT2D eigenvalue weighted by molar-refractivity contribution is 6.31. The molecule has 1 aliphatic carbocycles. The van der Waals surface area contributed by atoms with Crippen molar-refractivity contribution in [1.29, 1.82) is 0 Å². The molecule has 174 valence electrons. The average Bonchev–Trinajstić information content (AvgIpc) is 3.30. The molecule has 8 heteroatoms. The molecule has 1 saturated carbocycles. The fraction of sp³-hybridized carbons (Fsp3) is 0.625. The molecule has 7 nitrogen and oxygen atoms in total. The van der Waals surface area contributed by atoms with Gasteiger partial charge in [0.25, 0.3) is 0 Å². The SMILES string of the molecule is Cc1cc2c(cc1Cl)[C@@H](NC(=O)C1C[C@]1(C)CN1C(=O)CC(C)(C)N=C1N)CC(C)(C)O2. The second kappa shape index (κ2) is 7.37.